The molecular weight excluding hydrogens is 286 g/mol. The average Bonchev–Trinajstić information content (AvgIpc) is 2.66. The predicted molar refractivity (Wildman–Crippen MR) is 78.8 cm³/mol. The van der Waals surface area contributed by atoms with Gasteiger partial charge in [0.05, 0.1) is 5.69 Å². The largest absolute Gasteiger partial charge is 0.396 e. The van der Waals surface area contributed by atoms with Crippen molar-refractivity contribution in [2.75, 3.05) is 37.5 Å². The number of rotatable bonds is 5. The summed E-state index contributed by atoms with van der Waals surface area (Å²) in [5.41, 5.74) is 5.88. The highest BCUT2D eigenvalue weighted by Crippen LogP contribution is 2.41. The zero-order valence-corrected chi connectivity index (χ0v) is 13.1. The minimum atomic E-state index is -3.48. The fourth-order valence-corrected chi connectivity index (χ4v) is 4.41. The second-order valence-electron chi connectivity index (χ2n) is 4.25. The Kier molecular flexibility index (Phi) is 4.81. The maximum atomic E-state index is 11.9. The summed E-state index contributed by atoms with van der Waals surface area (Å²) < 4.78 is 23.8. The molecule has 8 heteroatoms. The van der Waals surface area contributed by atoms with Gasteiger partial charge in [0.25, 0.3) is 5.91 Å². The molecule has 108 valence electrons. The van der Waals surface area contributed by atoms with Crippen LogP contribution >= 0.6 is 11.3 Å². The van der Waals surface area contributed by atoms with Crippen LogP contribution in [0.2, 0.25) is 0 Å². The molecule has 1 heterocycles. The zero-order valence-electron chi connectivity index (χ0n) is 11.5. The lowest BCUT2D eigenvalue weighted by Crippen LogP contribution is -2.19. The Morgan fingerprint density at radius 3 is 2.47 bits per heavy atom. The topological polar surface area (TPSA) is 92.5 Å². The number of nitrogen functional groups attached to an aromatic ring is 1. The van der Waals surface area contributed by atoms with Crippen molar-refractivity contribution >= 4 is 37.8 Å². The van der Waals surface area contributed by atoms with Gasteiger partial charge in [0.15, 0.2) is 9.84 Å². The highest BCUT2D eigenvalue weighted by molar-refractivity contribution is 7.91. The maximum Gasteiger partial charge on any atom is 0.263 e. The first-order chi connectivity index (χ1) is 8.73. The predicted octanol–water partition coefficient (Wildman–Crippen LogP) is 0.940. The average molecular weight is 305 g/mol. The van der Waals surface area contributed by atoms with Crippen molar-refractivity contribution in [1.29, 1.82) is 0 Å². The SMILES string of the molecule is CCCN(C)c1sc(C(=O)NC)c(N)c1S(C)(=O)=O. The van der Waals surface area contributed by atoms with Crippen molar-refractivity contribution in [3.05, 3.63) is 4.88 Å². The number of amides is 1. The number of carbonyl (C=O) groups excluding carboxylic acids is 1. The molecule has 0 saturated heterocycles. The highest BCUT2D eigenvalue weighted by Gasteiger charge is 2.28. The Bertz CT molecular complexity index is 578. The van der Waals surface area contributed by atoms with Gasteiger partial charge in [0.1, 0.15) is 14.8 Å². The molecule has 0 aliphatic rings. The van der Waals surface area contributed by atoms with Gasteiger partial charge in [-0.05, 0) is 6.42 Å². The van der Waals surface area contributed by atoms with Gasteiger partial charge < -0.3 is 16.0 Å². The Hall–Kier alpha value is -1.28. The summed E-state index contributed by atoms with van der Waals surface area (Å²) in [6, 6.07) is 0. The van der Waals surface area contributed by atoms with E-state index in [2.05, 4.69) is 5.32 Å². The number of carbonyl (C=O) groups is 1. The van der Waals surface area contributed by atoms with Gasteiger partial charge in [0, 0.05) is 26.9 Å². The molecule has 1 aromatic rings. The van der Waals surface area contributed by atoms with Crippen LogP contribution in [0.15, 0.2) is 4.90 Å². The van der Waals surface area contributed by atoms with Crippen LogP contribution in [-0.4, -0.2) is 41.2 Å². The van der Waals surface area contributed by atoms with Crippen LogP contribution in [0.1, 0.15) is 23.0 Å². The number of thiophene rings is 1. The van der Waals surface area contributed by atoms with Crippen LogP contribution in [-0.2, 0) is 9.84 Å². The number of hydrogen-bond donors (Lipinski definition) is 2. The minimum absolute atomic E-state index is 0.0322. The van der Waals surface area contributed by atoms with E-state index in [1.807, 2.05) is 11.8 Å². The maximum absolute atomic E-state index is 11.9. The number of nitrogens with one attached hydrogen (secondary N) is 1. The molecule has 0 aromatic carbocycles. The van der Waals surface area contributed by atoms with E-state index in [-0.39, 0.29) is 21.4 Å². The Balaban J connectivity index is 3.49. The van der Waals surface area contributed by atoms with E-state index < -0.39 is 9.84 Å². The fourth-order valence-electron chi connectivity index (χ4n) is 1.75. The number of nitrogens with zero attached hydrogens (tertiary/aromatic N) is 1. The van der Waals surface area contributed by atoms with Gasteiger partial charge in [-0.2, -0.15) is 0 Å². The van der Waals surface area contributed by atoms with E-state index in [0.717, 1.165) is 24.0 Å². The lowest BCUT2D eigenvalue weighted by molar-refractivity contribution is 0.0968. The summed E-state index contributed by atoms with van der Waals surface area (Å²) in [4.78, 5) is 13.8. The second kappa shape index (κ2) is 5.79. The quantitative estimate of drug-likeness (QED) is 0.844. The molecule has 0 aliphatic heterocycles. The van der Waals surface area contributed by atoms with Crippen molar-refractivity contribution in [2.45, 2.75) is 18.2 Å². The molecule has 0 radical (unpaired) electrons. The van der Waals surface area contributed by atoms with Gasteiger partial charge in [0.2, 0.25) is 0 Å². The van der Waals surface area contributed by atoms with Crippen LogP contribution < -0.4 is 16.0 Å². The van der Waals surface area contributed by atoms with Gasteiger partial charge in [-0.3, -0.25) is 4.79 Å². The van der Waals surface area contributed by atoms with Crippen molar-refractivity contribution in [2.24, 2.45) is 0 Å². The van der Waals surface area contributed by atoms with Crippen LogP contribution in [0, 0.1) is 0 Å². The van der Waals surface area contributed by atoms with Crippen LogP contribution in [0.5, 0.6) is 0 Å². The molecule has 0 saturated carbocycles. The Morgan fingerprint density at radius 1 is 1.47 bits per heavy atom. The molecule has 0 unspecified atom stereocenters. The van der Waals surface area contributed by atoms with Gasteiger partial charge >= 0.3 is 0 Å². The number of anilines is 2. The van der Waals surface area contributed by atoms with Crippen molar-refractivity contribution in [1.82, 2.24) is 5.32 Å². The van der Waals surface area contributed by atoms with Crippen molar-refractivity contribution < 1.29 is 13.2 Å². The molecule has 1 aromatic heterocycles. The number of hydrogen-bond acceptors (Lipinski definition) is 6. The number of sulfone groups is 1. The summed E-state index contributed by atoms with van der Waals surface area (Å²) in [7, 11) is -0.213. The van der Waals surface area contributed by atoms with Gasteiger partial charge in [-0.25, -0.2) is 8.42 Å². The summed E-state index contributed by atoms with van der Waals surface area (Å²) in [6.45, 7) is 2.68. The van der Waals surface area contributed by atoms with E-state index >= 15 is 0 Å². The lowest BCUT2D eigenvalue weighted by Gasteiger charge is -2.17. The molecule has 1 rings (SSSR count). The third-order valence-electron chi connectivity index (χ3n) is 2.59. The summed E-state index contributed by atoms with van der Waals surface area (Å²) in [5, 5.41) is 2.98. The molecule has 6 nitrogen and oxygen atoms in total. The Labute approximate surface area is 117 Å². The summed E-state index contributed by atoms with van der Waals surface area (Å²) in [5.74, 6) is -0.372. The van der Waals surface area contributed by atoms with Gasteiger partial charge in [-0.15, -0.1) is 11.3 Å². The third-order valence-corrected chi connectivity index (χ3v) is 5.19. The van der Waals surface area contributed by atoms with Crippen molar-refractivity contribution in [3.8, 4) is 0 Å². The van der Waals surface area contributed by atoms with Crippen LogP contribution in [0.4, 0.5) is 10.7 Å². The second-order valence-corrected chi connectivity index (χ2v) is 7.20. The number of nitrogens with two attached hydrogens (primary N) is 1. The first-order valence-electron chi connectivity index (χ1n) is 5.79. The first kappa shape index (κ1) is 15.8. The fraction of sp³-hybridized carbons (Fsp3) is 0.545. The smallest absolute Gasteiger partial charge is 0.263 e. The minimum Gasteiger partial charge on any atom is -0.396 e. The van der Waals surface area contributed by atoms with E-state index in [9.17, 15) is 13.2 Å². The molecule has 0 aliphatic carbocycles. The third kappa shape index (κ3) is 3.19. The monoisotopic (exact) mass is 305 g/mol. The lowest BCUT2D eigenvalue weighted by atomic mass is 10.3. The standard InChI is InChI=1S/C11H19N3O3S2/c1-5-6-14(3)11-9(19(4,16)17)7(12)8(18-11)10(15)13-2/h5-6,12H2,1-4H3,(H,13,15). The molecule has 0 bridgehead atoms. The zero-order chi connectivity index (χ0) is 14.8. The van der Waals surface area contributed by atoms with Crippen molar-refractivity contribution in [3.63, 3.8) is 0 Å². The molecule has 1 amide bonds. The first-order valence-corrected chi connectivity index (χ1v) is 8.50. The van der Waals surface area contributed by atoms with Crippen LogP contribution in [0.3, 0.4) is 0 Å². The highest BCUT2D eigenvalue weighted by atomic mass is 32.2. The molecular formula is C11H19N3O3S2. The normalized spacial score (nSPS) is 11.4. The summed E-state index contributed by atoms with van der Waals surface area (Å²) in [6.07, 6.45) is 1.97. The van der Waals surface area contributed by atoms with E-state index in [1.54, 1.807) is 7.05 Å². The van der Waals surface area contributed by atoms with Crippen LogP contribution in [0.25, 0.3) is 0 Å². The molecule has 19 heavy (non-hydrogen) atoms. The van der Waals surface area contributed by atoms with E-state index in [4.69, 9.17) is 5.73 Å². The van der Waals surface area contributed by atoms with E-state index in [1.165, 1.54) is 7.05 Å². The summed E-state index contributed by atoms with van der Waals surface area (Å²) >= 11 is 1.10. The molecule has 3 N–H and O–H groups in total. The molecule has 0 fully saturated rings. The molecule has 0 spiro atoms. The van der Waals surface area contributed by atoms with Gasteiger partial charge in [-0.1, -0.05) is 6.92 Å². The van der Waals surface area contributed by atoms with E-state index in [0.29, 0.717) is 11.5 Å². The Morgan fingerprint density at radius 2 is 2.05 bits per heavy atom. The molecule has 0 atom stereocenters.